The average Bonchev–Trinajstić information content (AvgIpc) is 2.47. The van der Waals surface area contributed by atoms with Crippen LogP contribution < -0.4 is 5.32 Å². The first-order valence-electron chi connectivity index (χ1n) is 6.14. The van der Waals surface area contributed by atoms with Crippen molar-refractivity contribution in [3.63, 3.8) is 0 Å². The van der Waals surface area contributed by atoms with E-state index in [2.05, 4.69) is 5.32 Å². The fraction of sp³-hybridized carbons (Fsp3) is 0.133. The maximum Gasteiger partial charge on any atom is 0.261 e. The molecule has 1 N–H and O–H groups in total. The number of nitrogens with one attached hydrogen (secondary N) is 1. The number of hydrogen-bond acceptors (Lipinski definition) is 1. The molecule has 0 unspecified atom stereocenters. The molecule has 0 bridgehead atoms. The number of anilines is 1. The van der Waals surface area contributed by atoms with Gasteiger partial charge in [0.05, 0.1) is 0 Å². The van der Waals surface area contributed by atoms with Gasteiger partial charge in [0.25, 0.3) is 5.91 Å². The molecule has 2 aromatic carbocycles. The van der Waals surface area contributed by atoms with Gasteiger partial charge in [-0.15, -0.1) is 0 Å². The van der Waals surface area contributed by atoms with Gasteiger partial charge in [0.15, 0.2) is 23.3 Å². The number of carbonyl (C=O) groups is 1. The summed E-state index contributed by atoms with van der Waals surface area (Å²) in [5, 5.41) is 2.11. The molecule has 0 saturated heterocycles. The number of halogens is 5. The van der Waals surface area contributed by atoms with Crippen LogP contribution in [0.3, 0.4) is 0 Å². The molecular weight excluding hydrogens is 305 g/mol. The minimum atomic E-state index is -2.31. The van der Waals surface area contributed by atoms with Crippen LogP contribution in [0, 0.1) is 42.9 Å². The van der Waals surface area contributed by atoms with E-state index in [0.29, 0.717) is 0 Å². The first-order valence-corrected chi connectivity index (χ1v) is 6.14. The second-order valence-corrected chi connectivity index (χ2v) is 4.70. The van der Waals surface area contributed by atoms with Crippen molar-refractivity contribution >= 4 is 11.6 Å². The highest BCUT2D eigenvalue weighted by atomic mass is 19.2. The zero-order valence-corrected chi connectivity index (χ0v) is 11.5. The van der Waals surface area contributed by atoms with E-state index in [0.717, 1.165) is 11.1 Å². The van der Waals surface area contributed by atoms with Crippen LogP contribution in [0.25, 0.3) is 0 Å². The van der Waals surface area contributed by atoms with Crippen molar-refractivity contribution in [2.45, 2.75) is 13.8 Å². The van der Waals surface area contributed by atoms with Gasteiger partial charge in [-0.1, -0.05) is 6.07 Å². The predicted octanol–water partition coefficient (Wildman–Crippen LogP) is 4.25. The maximum absolute atomic E-state index is 13.5. The Morgan fingerprint density at radius 1 is 0.818 bits per heavy atom. The van der Waals surface area contributed by atoms with Crippen LogP contribution in [0.4, 0.5) is 27.6 Å². The summed E-state index contributed by atoms with van der Waals surface area (Å²) in [6.45, 7) is 3.55. The van der Waals surface area contributed by atoms with Crippen molar-refractivity contribution in [1.29, 1.82) is 0 Å². The van der Waals surface area contributed by atoms with Crippen LogP contribution >= 0.6 is 0 Å². The fourth-order valence-corrected chi connectivity index (χ4v) is 1.82. The number of hydrogen-bond donors (Lipinski definition) is 1. The van der Waals surface area contributed by atoms with Gasteiger partial charge >= 0.3 is 0 Å². The molecule has 7 heteroatoms. The molecule has 22 heavy (non-hydrogen) atoms. The Bertz CT molecular complexity index is 744. The number of rotatable bonds is 2. The van der Waals surface area contributed by atoms with E-state index < -0.39 is 40.6 Å². The Hall–Kier alpha value is -2.44. The number of aryl methyl sites for hydroxylation is 2. The molecule has 0 atom stereocenters. The van der Waals surface area contributed by atoms with Gasteiger partial charge in [0.2, 0.25) is 5.82 Å². The van der Waals surface area contributed by atoms with Crippen molar-refractivity contribution in [2.75, 3.05) is 5.32 Å². The summed E-state index contributed by atoms with van der Waals surface area (Å²) in [5.74, 6) is -12.4. The third-order valence-electron chi connectivity index (χ3n) is 3.20. The van der Waals surface area contributed by atoms with Crippen LogP contribution in [-0.2, 0) is 0 Å². The summed E-state index contributed by atoms with van der Waals surface area (Å²) in [6.07, 6.45) is 0. The van der Waals surface area contributed by atoms with E-state index in [-0.39, 0.29) is 5.69 Å². The molecule has 0 fully saturated rings. The summed E-state index contributed by atoms with van der Waals surface area (Å²) >= 11 is 0. The lowest BCUT2D eigenvalue weighted by atomic mass is 10.1. The second-order valence-electron chi connectivity index (χ2n) is 4.70. The van der Waals surface area contributed by atoms with Crippen molar-refractivity contribution in [1.82, 2.24) is 0 Å². The highest BCUT2D eigenvalue weighted by Gasteiger charge is 2.29. The van der Waals surface area contributed by atoms with Gasteiger partial charge in [-0.05, 0) is 37.1 Å². The second kappa shape index (κ2) is 5.75. The summed E-state index contributed by atoms with van der Waals surface area (Å²) in [4.78, 5) is 11.8. The molecule has 0 spiro atoms. The van der Waals surface area contributed by atoms with Gasteiger partial charge < -0.3 is 5.32 Å². The molecule has 0 aliphatic carbocycles. The Balaban J connectivity index is 2.44. The molecule has 0 aromatic heterocycles. The zero-order chi connectivity index (χ0) is 16.6. The van der Waals surface area contributed by atoms with Gasteiger partial charge in [0.1, 0.15) is 5.56 Å². The van der Waals surface area contributed by atoms with E-state index >= 15 is 0 Å². The van der Waals surface area contributed by atoms with Crippen LogP contribution in [0.5, 0.6) is 0 Å². The lowest BCUT2D eigenvalue weighted by Gasteiger charge is -2.10. The minimum absolute atomic E-state index is 0.178. The standard InChI is InChI=1S/C15H10F5NO/c1-6-3-4-8(5-7(6)2)21-15(22)9-10(16)12(18)14(20)13(19)11(9)17/h3-5H,1-2H3,(H,21,22). The predicted molar refractivity (Wildman–Crippen MR) is 70.1 cm³/mol. The molecule has 1 amide bonds. The van der Waals surface area contributed by atoms with Crippen molar-refractivity contribution in [3.05, 3.63) is 64.0 Å². The monoisotopic (exact) mass is 315 g/mol. The molecule has 0 aliphatic rings. The average molecular weight is 315 g/mol. The number of amides is 1. The molecule has 0 heterocycles. The molecule has 2 aromatic rings. The largest absolute Gasteiger partial charge is 0.322 e. The highest BCUT2D eigenvalue weighted by molar-refractivity contribution is 6.04. The molecular formula is C15H10F5NO. The van der Waals surface area contributed by atoms with Crippen LogP contribution in [0.15, 0.2) is 18.2 Å². The zero-order valence-electron chi connectivity index (χ0n) is 11.5. The Morgan fingerprint density at radius 2 is 1.32 bits per heavy atom. The number of benzene rings is 2. The van der Waals surface area contributed by atoms with Gasteiger partial charge in [-0.2, -0.15) is 0 Å². The molecule has 116 valence electrons. The summed E-state index contributed by atoms with van der Waals surface area (Å²) in [5.41, 5.74) is 0.358. The maximum atomic E-state index is 13.5. The lowest BCUT2D eigenvalue weighted by Crippen LogP contribution is -2.19. The summed E-state index contributed by atoms with van der Waals surface area (Å²) in [6, 6.07) is 4.61. The summed E-state index contributed by atoms with van der Waals surface area (Å²) < 4.78 is 66.1. The molecule has 0 aliphatic heterocycles. The quantitative estimate of drug-likeness (QED) is 0.501. The Labute approximate surface area is 122 Å². The minimum Gasteiger partial charge on any atom is -0.322 e. The van der Waals surface area contributed by atoms with Gasteiger partial charge in [-0.25, -0.2) is 22.0 Å². The summed E-state index contributed by atoms with van der Waals surface area (Å²) in [7, 11) is 0. The SMILES string of the molecule is Cc1ccc(NC(=O)c2c(F)c(F)c(F)c(F)c2F)cc1C. The molecule has 0 saturated carbocycles. The van der Waals surface area contributed by atoms with Crippen molar-refractivity contribution in [2.24, 2.45) is 0 Å². The smallest absolute Gasteiger partial charge is 0.261 e. The lowest BCUT2D eigenvalue weighted by molar-refractivity contribution is 0.101. The van der Waals surface area contributed by atoms with E-state index in [1.165, 1.54) is 12.1 Å². The molecule has 0 radical (unpaired) electrons. The molecule has 2 rings (SSSR count). The first-order chi connectivity index (χ1) is 10.2. The topological polar surface area (TPSA) is 29.1 Å². The van der Waals surface area contributed by atoms with Gasteiger partial charge in [0, 0.05) is 5.69 Å². The van der Waals surface area contributed by atoms with E-state index in [1.54, 1.807) is 13.0 Å². The first kappa shape index (κ1) is 15.9. The third-order valence-corrected chi connectivity index (χ3v) is 3.20. The van der Waals surface area contributed by atoms with E-state index in [4.69, 9.17) is 0 Å². The highest BCUT2D eigenvalue weighted by Crippen LogP contribution is 2.24. The van der Waals surface area contributed by atoms with Crippen LogP contribution in [-0.4, -0.2) is 5.91 Å². The number of carbonyl (C=O) groups excluding carboxylic acids is 1. The van der Waals surface area contributed by atoms with Crippen molar-refractivity contribution < 1.29 is 26.7 Å². The Morgan fingerprint density at radius 3 is 1.82 bits per heavy atom. The van der Waals surface area contributed by atoms with E-state index in [9.17, 15) is 26.7 Å². The normalized spacial score (nSPS) is 10.7. The van der Waals surface area contributed by atoms with Crippen LogP contribution in [0.2, 0.25) is 0 Å². The Kier molecular flexibility index (Phi) is 4.16. The fourth-order valence-electron chi connectivity index (χ4n) is 1.82. The third kappa shape index (κ3) is 2.66. The van der Waals surface area contributed by atoms with Crippen molar-refractivity contribution in [3.8, 4) is 0 Å². The van der Waals surface area contributed by atoms with Crippen LogP contribution in [0.1, 0.15) is 21.5 Å². The van der Waals surface area contributed by atoms with E-state index in [1.807, 2.05) is 6.92 Å². The molecule has 2 nitrogen and oxygen atoms in total. The van der Waals surface area contributed by atoms with Gasteiger partial charge in [-0.3, -0.25) is 4.79 Å².